The van der Waals surface area contributed by atoms with Crippen molar-refractivity contribution in [3.8, 4) is 5.75 Å². The first-order valence-electron chi connectivity index (χ1n) is 6.75. The number of hydrogen-bond acceptors (Lipinski definition) is 4. The van der Waals surface area contributed by atoms with Gasteiger partial charge in [-0.25, -0.2) is 0 Å². The normalized spacial score (nSPS) is 10.9. The summed E-state index contributed by atoms with van der Waals surface area (Å²) in [4.78, 5) is 13.8. The molecule has 0 atom stereocenters. The van der Waals surface area contributed by atoms with Crippen LogP contribution in [0, 0.1) is 0 Å². The molecule has 0 spiro atoms. The van der Waals surface area contributed by atoms with Gasteiger partial charge < -0.3 is 14.8 Å². The molecule has 1 rings (SSSR count). The minimum atomic E-state index is -0.0506. The molecule has 0 aliphatic carbocycles. The van der Waals surface area contributed by atoms with Crippen LogP contribution >= 0.6 is 0 Å². The predicted octanol–water partition coefficient (Wildman–Crippen LogP) is 1.99. The second kappa shape index (κ2) is 8.55. The van der Waals surface area contributed by atoms with Crippen LogP contribution in [0.3, 0.4) is 0 Å². The molecule has 0 heterocycles. The van der Waals surface area contributed by atoms with Gasteiger partial charge in [0.2, 0.25) is 5.91 Å². The lowest BCUT2D eigenvalue weighted by atomic mass is 10.3. The zero-order valence-electron chi connectivity index (χ0n) is 12.7. The van der Waals surface area contributed by atoms with Gasteiger partial charge in [0.25, 0.3) is 0 Å². The number of ether oxygens (including phenoxy) is 2. The summed E-state index contributed by atoms with van der Waals surface area (Å²) in [5, 5.41) is 2.85. The van der Waals surface area contributed by atoms with Crippen LogP contribution in [0.25, 0.3) is 0 Å². The van der Waals surface area contributed by atoms with E-state index in [2.05, 4.69) is 5.32 Å². The van der Waals surface area contributed by atoms with Crippen molar-refractivity contribution in [1.82, 2.24) is 4.90 Å². The molecule has 0 aromatic heterocycles. The van der Waals surface area contributed by atoms with Crippen LogP contribution in [-0.4, -0.2) is 50.8 Å². The van der Waals surface area contributed by atoms with Crippen LogP contribution in [0.2, 0.25) is 0 Å². The minimum Gasteiger partial charge on any atom is -0.497 e. The number of hydrogen-bond donors (Lipinski definition) is 1. The minimum absolute atomic E-state index is 0.0506. The number of amides is 1. The van der Waals surface area contributed by atoms with E-state index in [1.165, 1.54) is 0 Å². The topological polar surface area (TPSA) is 50.8 Å². The lowest BCUT2D eigenvalue weighted by Crippen LogP contribution is -2.32. The molecule has 0 saturated heterocycles. The van der Waals surface area contributed by atoms with E-state index in [0.29, 0.717) is 13.2 Å². The van der Waals surface area contributed by atoms with Crippen LogP contribution < -0.4 is 10.1 Å². The molecule has 0 bridgehead atoms. The van der Waals surface area contributed by atoms with Gasteiger partial charge in [0, 0.05) is 18.3 Å². The number of carbonyl (C=O) groups excluding carboxylic acids is 1. The van der Waals surface area contributed by atoms with E-state index in [9.17, 15) is 4.79 Å². The van der Waals surface area contributed by atoms with Crippen LogP contribution in [0.4, 0.5) is 5.69 Å². The van der Waals surface area contributed by atoms with E-state index in [-0.39, 0.29) is 12.0 Å². The van der Waals surface area contributed by atoms with Crippen molar-refractivity contribution >= 4 is 11.6 Å². The molecule has 112 valence electrons. The van der Waals surface area contributed by atoms with Crippen molar-refractivity contribution in [2.75, 3.05) is 39.2 Å². The highest BCUT2D eigenvalue weighted by Gasteiger charge is 2.07. The maximum Gasteiger partial charge on any atom is 0.238 e. The Labute approximate surface area is 120 Å². The monoisotopic (exact) mass is 280 g/mol. The smallest absolute Gasteiger partial charge is 0.238 e. The molecule has 0 fully saturated rings. The molecular weight excluding hydrogens is 256 g/mol. The summed E-state index contributed by atoms with van der Waals surface area (Å²) < 4.78 is 10.6. The number of methoxy groups -OCH3 is 1. The van der Waals surface area contributed by atoms with Crippen molar-refractivity contribution in [3.63, 3.8) is 0 Å². The number of rotatable bonds is 8. The Morgan fingerprint density at radius 2 is 2.15 bits per heavy atom. The molecule has 1 aromatic carbocycles. The number of likely N-dealkylation sites (N-methyl/N-ethyl adjacent to an activating group) is 1. The van der Waals surface area contributed by atoms with Gasteiger partial charge in [0.05, 0.1) is 26.4 Å². The Hall–Kier alpha value is -1.59. The van der Waals surface area contributed by atoms with Gasteiger partial charge in [0.15, 0.2) is 0 Å². The highest BCUT2D eigenvalue weighted by Crippen LogP contribution is 2.16. The third-order valence-corrected chi connectivity index (χ3v) is 2.69. The van der Waals surface area contributed by atoms with Crippen LogP contribution in [0.5, 0.6) is 5.75 Å². The number of carbonyl (C=O) groups is 1. The standard InChI is InChI=1S/C15H24N2O3/c1-12(2)20-9-8-17(3)11-15(18)16-13-6-5-7-14(10-13)19-4/h5-7,10,12H,8-9,11H2,1-4H3,(H,16,18). The molecule has 0 aliphatic heterocycles. The quantitative estimate of drug-likeness (QED) is 0.791. The van der Waals surface area contributed by atoms with Crippen molar-refractivity contribution in [3.05, 3.63) is 24.3 Å². The number of nitrogens with zero attached hydrogens (tertiary/aromatic N) is 1. The Kier molecular flexibility index (Phi) is 7.04. The first-order chi connectivity index (χ1) is 9.51. The lowest BCUT2D eigenvalue weighted by molar-refractivity contribution is -0.117. The first-order valence-corrected chi connectivity index (χ1v) is 6.75. The molecule has 0 radical (unpaired) electrons. The number of benzene rings is 1. The summed E-state index contributed by atoms with van der Waals surface area (Å²) in [5.74, 6) is 0.673. The van der Waals surface area contributed by atoms with Gasteiger partial charge in [-0.05, 0) is 33.0 Å². The predicted molar refractivity (Wildman–Crippen MR) is 80.2 cm³/mol. The van der Waals surface area contributed by atoms with Crippen molar-refractivity contribution in [1.29, 1.82) is 0 Å². The highest BCUT2D eigenvalue weighted by molar-refractivity contribution is 5.92. The number of anilines is 1. The average molecular weight is 280 g/mol. The van der Waals surface area contributed by atoms with E-state index < -0.39 is 0 Å². The fourth-order valence-electron chi connectivity index (χ4n) is 1.67. The summed E-state index contributed by atoms with van der Waals surface area (Å²) in [7, 11) is 3.50. The number of nitrogens with one attached hydrogen (secondary N) is 1. The zero-order chi connectivity index (χ0) is 15.0. The molecule has 5 heteroatoms. The second-order valence-electron chi connectivity index (χ2n) is 4.94. The van der Waals surface area contributed by atoms with Crippen LogP contribution in [-0.2, 0) is 9.53 Å². The van der Waals surface area contributed by atoms with E-state index in [1.54, 1.807) is 13.2 Å². The van der Waals surface area contributed by atoms with Crippen molar-refractivity contribution in [2.24, 2.45) is 0 Å². The molecular formula is C15H24N2O3. The second-order valence-corrected chi connectivity index (χ2v) is 4.94. The lowest BCUT2D eigenvalue weighted by Gasteiger charge is -2.17. The van der Waals surface area contributed by atoms with Gasteiger partial charge in [-0.1, -0.05) is 6.07 Å². The fraction of sp³-hybridized carbons (Fsp3) is 0.533. The van der Waals surface area contributed by atoms with Crippen molar-refractivity contribution < 1.29 is 14.3 Å². The maximum atomic E-state index is 11.9. The van der Waals surface area contributed by atoms with Crippen LogP contribution in [0.15, 0.2) is 24.3 Å². The zero-order valence-corrected chi connectivity index (χ0v) is 12.7. The van der Waals surface area contributed by atoms with E-state index in [0.717, 1.165) is 18.0 Å². The Bertz CT molecular complexity index is 421. The SMILES string of the molecule is COc1cccc(NC(=O)CN(C)CCOC(C)C)c1. The van der Waals surface area contributed by atoms with E-state index in [4.69, 9.17) is 9.47 Å². The van der Waals surface area contributed by atoms with Crippen molar-refractivity contribution in [2.45, 2.75) is 20.0 Å². The molecule has 1 amide bonds. The van der Waals surface area contributed by atoms with Crippen LogP contribution in [0.1, 0.15) is 13.8 Å². The fourth-order valence-corrected chi connectivity index (χ4v) is 1.67. The summed E-state index contributed by atoms with van der Waals surface area (Å²) in [6.45, 7) is 5.67. The van der Waals surface area contributed by atoms with Gasteiger partial charge in [-0.3, -0.25) is 9.69 Å². The molecule has 1 aromatic rings. The molecule has 1 N–H and O–H groups in total. The Morgan fingerprint density at radius 1 is 1.40 bits per heavy atom. The maximum absolute atomic E-state index is 11.9. The van der Waals surface area contributed by atoms with Gasteiger partial charge in [-0.2, -0.15) is 0 Å². The molecule has 0 aliphatic rings. The van der Waals surface area contributed by atoms with Gasteiger partial charge in [0.1, 0.15) is 5.75 Å². The van der Waals surface area contributed by atoms with E-state index >= 15 is 0 Å². The third-order valence-electron chi connectivity index (χ3n) is 2.69. The molecule has 0 saturated carbocycles. The van der Waals surface area contributed by atoms with Gasteiger partial charge in [-0.15, -0.1) is 0 Å². The highest BCUT2D eigenvalue weighted by atomic mass is 16.5. The largest absolute Gasteiger partial charge is 0.497 e. The third kappa shape index (κ3) is 6.54. The van der Waals surface area contributed by atoms with E-state index in [1.807, 2.05) is 44.0 Å². The summed E-state index contributed by atoms with van der Waals surface area (Å²) in [5.41, 5.74) is 0.737. The average Bonchev–Trinajstić information content (AvgIpc) is 2.38. The summed E-state index contributed by atoms with van der Waals surface area (Å²) in [6, 6.07) is 7.31. The Morgan fingerprint density at radius 3 is 2.80 bits per heavy atom. The molecule has 0 unspecified atom stereocenters. The van der Waals surface area contributed by atoms with Gasteiger partial charge >= 0.3 is 0 Å². The summed E-state index contributed by atoms with van der Waals surface area (Å²) >= 11 is 0. The first kappa shape index (κ1) is 16.5. The Balaban J connectivity index is 2.35. The molecule has 5 nitrogen and oxygen atoms in total. The summed E-state index contributed by atoms with van der Waals surface area (Å²) in [6.07, 6.45) is 0.217. The molecule has 20 heavy (non-hydrogen) atoms.